The van der Waals surface area contributed by atoms with Gasteiger partial charge >= 0.3 is 0 Å². The van der Waals surface area contributed by atoms with E-state index in [0.717, 1.165) is 37.9 Å². The lowest BCUT2D eigenvalue weighted by atomic mass is 9.91. The molecule has 126 valence electrons. The second-order valence-electron chi connectivity index (χ2n) is 5.51. The number of rotatable bonds is 5. The van der Waals surface area contributed by atoms with Crippen molar-refractivity contribution in [3.05, 3.63) is 28.8 Å². The minimum Gasteiger partial charge on any atom is -0.375 e. The van der Waals surface area contributed by atoms with E-state index in [1.165, 1.54) is 7.11 Å². The second kappa shape index (κ2) is 8.21. The van der Waals surface area contributed by atoms with E-state index >= 15 is 0 Å². The standard InChI is InChI=1S/C15H19ClFN3O3/c1-23-8-13(21)19-10-2-4-11(5-3-10)20-15(22)12-6-9(17)7-18-14(12)16/h6-7,10-11H,2-5,8H2,1H3,(H,19,21)(H,20,22). The number of carbonyl (C=O) groups excluding carboxylic acids is 2. The van der Waals surface area contributed by atoms with Crippen LogP contribution in [0.3, 0.4) is 0 Å². The summed E-state index contributed by atoms with van der Waals surface area (Å²) in [5, 5.41) is 5.70. The Kier molecular flexibility index (Phi) is 6.29. The number of pyridine rings is 1. The molecule has 23 heavy (non-hydrogen) atoms. The Balaban J connectivity index is 1.83. The molecule has 2 amide bonds. The molecule has 0 spiro atoms. The normalized spacial score (nSPS) is 20.8. The van der Waals surface area contributed by atoms with E-state index in [2.05, 4.69) is 15.6 Å². The van der Waals surface area contributed by atoms with Crippen LogP contribution in [0, 0.1) is 5.82 Å². The van der Waals surface area contributed by atoms with Gasteiger partial charge < -0.3 is 15.4 Å². The van der Waals surface area contributed by atoms with Gasteiger partial charge in [-0.1, -0.05) is 11.6 Å². The van der Waals surface area contributed by atoms with E-state index in [-0.39, 0.29) is 35.3 Å². The first-order valence-electron chi connectivity index (χ1n) is 7.39. The molecule has 0 saturated heterocycles. The lowest BCUT2D eigenvalue weighted by molar-refractivity contribution is -0.125. The van der Waals surface area contributed by atoms with Gasteiger partial charge in [-0.05, 0) is 31.7 Å². The summed E-state index contributed by atoms with van der Waals surface area (Å²) in [5.74, 6) is -1.18. The average Bonchev–Trinajstić information content (AvgIpc) is 2.52. The fraction of sp³-hybridized carbons (Fsp3) is 0.533. The summed E-state index contributed by atoms with van der Waals surface area (Å²) < 4.78 is 17.9. The van der Waals surface area contributed by atoms with Gasteiger partial charge in [-0.3, -0.25) is 9.59 Å². The van der Waals surface area contributed by atoms with Crippen LogP contribution in [-0.4, -0.2) is 42.6 Å². The number of nitrogens with one attached hydrogen (secondary N) is 2. The van der Waals surface area contributed by atoms with Gasteiger partial charge in [0.25, 0.3) is 5.91 Å². The van der Waals surface area contributed by atoms with Gasteiger partial charge in [0.1, 0.15) is 17.6 Å². The Morgan fingerprint density at radius 2 is 1.91 bits per heavy atom. The zero-order valence-electron chi connectivity index (χ0n) is 12.8. The predicted octanol–water partition coefficient (Wildman–Crippen LogP) is 1.68. The van der Waals surface area contributed by atoms with Crippen LogP contribution in [-0.2, 0) is 9.53 Å². The summed E-state index contributed by atoms with van der Waals surface area (Å²) in [7, 11) is 1.47. The van der Waals surface area contributed by atoms with Crippen LogP contribution in [0.4, 0.5) is 4.39 Å². The van der Waals surface area contributed by atoms with Crippen molar-refractivity contribution in [2.75, 3.05) is 13.7 Å². The van der Waals surface area contributed by atoms with Crippen molar-refractivity contribution in [3.63, 3.8) is 0 Å². The highest BCUT2D eigenvalue weighted by molar-refractivity contribution is 6.32. The van der Waals surface area contributed by atoms with Crippen molar-refractivity contribution in [2.45, 2.75) is 37.8 Å². The van der Waals surface area contributed by atoms with Crippen LogP contribution in [0.2, 0.25) is 5.15 Å². The predicted molar refractivity (Wildman–Crippen MR) is 82.7 cm³/mol. The number of aromatic nitrogens is 1. The number of methoxy groups -OCH3 is 1. The van der Waals surface area contributed by atoms with Crippen LogP contribution in [0.15, 0.2) is 12.3 Å². The van der Waals surface area contributed by atoms with E-state index in [1.54, 1.807) is 0 Å². The van der Waals surface area contributed by atoms with Crippen LogP contribution in [0.5, 0.6) is 0 Å². The maximum absolute atomic E-state index is 13.2. The summed E-state index contributed by atoms with van der Waals surface area (Å²) in [6, 6.07) is 1.13. The molecule has 0 unspecified atom stereocenters. The van der Waals surface area contributed by atoms with Gasteiger partial charge in [-0.15, -0.1) is 0 Å². The number of nitrogens with zero attached hydrogens (tertiary/aromatic N) is 1. The SMILES string of the molecule is COCC(=O)NC1CCC(NC(=O)c2cc(F)cnc2Cl)CC1. The molecule has 1 saturated carbocycles. The highest BCUT2D eigenvalue weighted by Gasteiger charge is 2.24. The Bertz CT molecular complexity index is 577. The number of halogens is 2. The molecular formula is C15H19ClFN3O3. The Labute approximate surface area is 138 Å². The third-order valence-corrected chi connectivity index (χ3v) is 4.05. The third kappa shape index (κ3) is 5.14. The van der Waals surface area contributed by atoms with Crippen molar-refractivity contribution in [2.24, 2.45) is 0 Å². The molecule has 0 aliphatic heterocycles. The van der Waals surface area contributed by atoms with Gasteiger partial charge in [-0.25, -0.2) is 9.37 Å². The fourth-order valence-corrected chi connectivity index (χ4v) is 2.82. The topological polar surface area (TPSA) is 80.3 Å². The molecule has 6 nitrogen and oxygen atoms in total. The van der Waals surface area contributed by atoms with Gasteiger partial charge in [0.15, 0.2) is 0 Å². The summed E-state index contributed by atoms with van der Waals surface area (Å²) >= 11 is 5.82. The van der Waals surface area contributed by atoms with Crippen LogP contribution >= 0.6 is 11.6 Å². The largest absolute Gasteiger partial charge is 0.375 e. The van der Waals surface area contributed by atoms with Crippen LogP contribution in [0.1, 0.15) is 36.0 Å². The highest BCUT2D eigenvalue weighted by Crippen LogP contribution is 2.20. The van der Waals surface area contributed by atoms with Crippen LogP contribution in [0.25, 0.3) is 0 Å². The van der Waals surface area contributed by atoms with E-state index < -0.39 is 11.7 Å². The van der Waals surface area contributed by atoms with Crippen LogP contribution < -0.4 is 10.6 Å². The molecule has 8 heteroatoms. The number of ether oxygens (including phenoxy) is 1. The first-order chi connectivity index (χ1) is 11.0. The van der Waals surface area contributed by atoms with Crippen molar-refractivity contribution >= 4 is 23.4 Å². The molecule has 2 N–H and O–H groups in total. The lowest BCUT2D eigenvalue weighted by Crippen LogP contribution is -2.44. The molecule has 1 aliphatic carbocycles. The zero-order chi connectivity index (χ0) is 16.8. The molecule has 1 aliphatic rings. The Morgan fingerprint density at radius 3 is 2.52 bits per heavy atom. The second-order valence-corrected chi connectivity index (χ2v) is 5.87. The maximum atomic E-state index is 13.2. The monoisotopic (exact) mass is 343 g/mol. The molecule has 0 aromatic carbocycles. The summed E-state index contributed by atoms with van der Waals surface area (Å²) in [6.45, 7) is 0.0434. The minimum atomic E-state index is -0.607. The number of carbonyl (C=O) groups is 2. The quantitative estimate of drug-likeness (QED) is 0.797. The van der Waals surface area contributed by atoms with Gasteiger partial charge in [0.2, 0.25) is 5.91 Å². The van der Waals surface area contributed by atoms with Gasteiger partial charge in [0.05, 0.1) is 11.8 Å². The number of hydrogen-bond acceptors (Lipinski definition) is 4. The molecule has 0 radical (unpaired) electrons. The summed E-state index contributed by atoms with van der Waals surface area (Å²) in [5.41, 5.74) is 0.0298. The van der Waals surface area contributed by atoms with E-state index in [1.807, 2.05) is 0 Å². The summed E-state index contributed by atoms with van der Waals surface area (Å²) in [4.78, 5) is 27.2. The molecule has 2 rings (SSSR count). The molecule has 1 fully saturated rings. The Morgan fingerprint density at radius 1 is 1.30 bits per heavy atom. The summed E-state index contributed by atoms with van der Waals surface area (Å²) in [6.07, 6.45) is 3.94. The van der Waals surface area contributed by atoms with Crippen molar-refractivity contribution in [1.29, 1.82) is 0 Å². The lowest BCUT2D eigenvalue weighted by Gasteiger charge is -2.29. The van der Waals surface area contributed by atoms with Crippen molar-refractivity contribution in [3.8, 4) is 0 Å². The fourth-order valence-electron chi connectivity index (χ4n) is 2.63. The van der Waals surface area contributed by atoms with Gasteiger partial charge in [0, 0.05) is 19.2 Å². The van der Waals surface area contributed by atoms with Crippen molar-refractivity contribution < 1.29 is 18.7 Å². The molecule has 0 bridgehead atoms. The number of amides is 2. The van der Waals surface area contributed by atoms with Crippen molar-refractivity contribution in [1.82, 2.24) is 15.6 Å². The van der Waals surface area contributed by atoms with Gasteiger partial charge in [-0.2, -0.15) is 0 Å². The third-order valence-electron chi connectivity index (χ3n) is 3.75. The maximum Gasteiger partial charge on any atom is 0.254 e. The molecular weight excluding hydrogens is 325 g/mol. The van der Waals surface area contributed by atoms with E-state index in [4.69, 9.17) is 16.3 Å². The molecule has 0 atom stereocenters. The smallest absolute Gasteiger partial charge is 0.254 e. The molecule has 1 aromatic heterocycles. The molecule has 1 heterocycles. The van der Waals surface area contributed by atoms with E-state index in [0.29, 0.717) is 0 Å². The molecule has 1 aromatic rings. The zero-order valence-corrected chi connectivity index (χ0v) is 13.5. The van der Waals surface area contributed by atoms with E-state index in [9.17, 15) is 14.0 Å². The first kappa shape index (κ1) is 17.6. The highest BCUT2D eigenvalue weighted by atomic mass is 35.5. The Hall–Kier alpha value is -1.73. The minimum absolute atomic E-state index is 0.0237. The first-order valence-corrected chi connectivity index (χ1v) is 7.77. The number of hydrogen-bond donors (Lipinski definition) is 2. The average molecular weight is 344 g/mol.